The van der Waals surface area contributed by atoms with Crippen molar-refractivity contribution in [2.75, 3.05) is 5.73 Å². The van der Waals surface area contributed by atoms with E-state index in [1.165, 1.54) is 5.56 Å². The number of aromatic nitrogens is 1. The number of anilines is 1. The summed E-state index contributed by atoms with van der Waals surface area (Å²) < 4.78 is 0. The van der Waals surface area contributed by atoms with Crippen LogP contribution in [0.25, 0.3) is 0 Å². The highest BCUT2D eigenvalue weighted by atomic mass is 14.9. The molecule has 0 amide bonds. The second-order valence-corrected chi connectivity index (χ2v) is 5.02. The van der Waals surface area contributed by atoms with E-state index in [1.807, 2.05) is 0 Å². The van der Waals surface area contributed by atoms with Gasteiger partial charge < -0.3 is 5.73 Å². The summed E-state index contributed by atoms with van der Waals surface area (Å²) in [5, 5.41) is 0. The molecule has 1 unspecified atom stereocenters. The van der Waals surface area contributed by atoms with Crippen LogP contribution in [0.5, 0.6) is 0 Å². The molecule has 3 heteroatoms. The smallest absolute Gasteiger partial charge is 0.132 e. The van der Waals surface area contributed by atoms with Gasteiger partial charge in [-0.05, 0) is 23.5 Å². The lowest BCUT2D eigenvalue weighted by molar-refractivity contribution is 0.523. The van der Waals surface area contributed by atoms with Crippen molar-refractivity contribution in [1.29, 1.82) is 0 Å². The summed E-state index contributed by atoms with van der Waals surface area (Å²) in [5.74, 6) is 1.51. The van der Waals surface area contributed by atoms with Gasteiger partial charge in [0.25, 0.3) is 0 Å². The summed E-state index contributed by atoms with van der Waals surface area (Å²) in [6.07, 6.45) is 1.78. The molecular formula is C13H19N3. The van der Waals surface area contributed by atoms with Crippen LogP contribution in [0.15, 0.2) is 17.3 Å². The van der Waals surface area contributed by atoms with Gasteiger partial charge in [-0.15, -0.1) is 0 Å². The zero-order valence-corrected chi connectivity index (χ0v) is 10.4. The highest BCUT2D eigenvalue weighted by molar-refractivity contribution is 6.08. The Morgan fingerprint density at radius 1 is 1.25 bits per heavy atom. The van der Waals surface area contributed by atoms with Crippen molar-refractivity contribution >= 4 is 11.5 Å². The van der Waals surface area contributed by atoms with Gasteiger partial charge in [0, 0.05) is 17.5 Å². The van der Waals surface area contributed by atoms with E-state index in [9.17, 15) is 0 Å². The van der Waals surface area contributed by atoms with Gasteiger partial charge in [0.2, 0.25) is 0 Å². The van der Waals surface area contributed by atoms with Gasteiger partial charge in [-0.1, -0.05) is 27.7 Å². The fraction of sp³-hybridized carbons (Fsp3) is 0.538. The largest absolute Gasteiger partial charge is 0.383 e. The van der Waals surface area contributed by atoms with Gasteiger partial charge in [0.1, 0.15) is 5.82 Å². The lowest BCUT2D eigenvalue weighted by Crippen LogP contribution is -2.11. The molecular weight excluding hydrogens is 198 g/mol. The maximum absolute atomic E-state index is 5.97. The van der Waals surface area contributed by atoms with E-state index in [0.717, 1.165) is 11.3 Å². The number of nitrogens with two attached hydrogens (primary N) is 1. The Kier molecular flexibility index (Phi) is 2.70. The molecule has 1 aromatic heterocycles. The normalized spacial score (nSPS) is 19.1. The highest BCUT2D eigenvalue weighted by Crippen LogP contribution is 2.38. The number of nitrogens with zero attached hydrogens (tertiary/aromatic N) is 2. The van der Waals surface area contributed by atoms with Crippen LogP contribution in [0, 0.1) is 11.8 Å². The van der Waals surface area contributed by atoms with Crippen LogP contribution in [-0.4, -0.2) is 10.7 Å². The molecule has 0 aromatic carbocycles. The second-order valence-electron chi connectivity index (χ2n) is 5.02. The van der Waals surface area contributed by atoms with Crippen LogP contribution in [-0.2, 0) is 0 Å². The zero-order chi connectivity index (χ0) is 11.9. The van der Waals surface area contributed by atoms with Gasteiger partial charge >= 0.3 is 0 Å². The average Bonchev–Trinajstić information content (AvgIpc) is 2.58. The Labute approximate surface area is 96.8 Å². The summed E-state index contributed by atoms with van der Waals surface area (Å²) in [5.41, 5.74) is 9.40. The number of aliphatic imine (C=N–C) groups is 1. The molecule has 0 fully saturated rings. The average molecular weight is 217 g/mol. The van der Waals surface area contributed by atoms with Gasteiger partial charge in [0.05, 0.1) is 6.04 Å². The fourth-order valence-electron chi connectivity index (χ4n) is 2.25. The summed E-state index contributed by atoms with van der Waals surface area (Å²) in [7, 11) is 0. The lowest BCUT2D eigenvalue weighted by Gasteiger charge is -2.13. The Morgan fingerprint density at radius 3 is 2.50 bits per heavy atom. The molecule has 1 aliphatic heterocycles. The molecule has 3 nitrogen and oxygen atoms in total. The molecule has 0 saturated carbocycles. The van der Waals surface area contributed by atoms with Gasteiger partial charge in [-0.2, -0.15) is 0 Å². The predicted octanol–water partition coefficient (Wildman–Crippen LogP) is 2.82. The number of rotatable bonds is 2. The quantitative estimate of drug-likeness (QED) is 0.828. The third-order valence-corrected chi connectivity index (χ3v) is 3.04. The molecule has 0 saturated heterocycles. The topological polar surface area (TPSA) is 51.3 Å². The van der Waals surface area contributed by atoms with Crippen LogP contribution in [0.3, 0.4) is 0 Å². The minimum absolute atomic E-state index is 0.248. The van der Waals surface area contributed by atoms with E-state index in [1.54, 1.807) is 6.20 Å². The molecule has 1 aromatic rings. The standard InChI is InChI=1S/C13H19N3/c1-7(2)11-9-5-6-15-13(14)10(9)12(16-11)8(3)4/h5-8,11H,1-4H3,(H2,14,15). The van der Waals surface area contributed by atoms with Crippen molar-refractivity contribution in [3.63, 3.8) is 0 Å². The molecule has 0 radical (unpaired) electrons. The number of hydrogen-bond acceptors (Lipinski definition) is 3. The number of nitrogen functional groups attached to an aromatic ring is 1. The Morgan fingerprint density at radius 2 is 1.94 bits per heavy atom. The van der Waals surface area contributed by atoms with Gasteiger partial charge in [0.15, 0.2) is 0 Å². The monoisotopic (exact) mass is 217 g/mol. The first kappa shape index (κ1) is 11.1. The first-order chi connectivity index (χ1) is 7.52. The van der Waals surface area contributed by atoms with Crippen molar-refractivity contribution in [3.05, 3.63) is 23.4 Å². The van der Waals surface area contributed by atoms with Gasteiger partial charge in [-0.25, -0.2) is 4.98 Å². The molecule has 2 N–H and O–H groups in total. The minimum atomic E-state index is 0.248. The van der Waals surface area contributed by atoms with E-state index in [4.69, 9.17) is 10.7 Å². The van der Waals surface area contributed by atoms with E-state index in [-0.39, 0.29) is 6.04 Å². The highest BCUT2D eigenvalue weighted by Gasteiger charge is 2.30. The first-order valence-electron chi connectivity index (χ1n) is 5.84. The Hall–Kier alpha value is -1.38. The van der Waals surface area contributed by atoms with E-state index >= 15 is 0 Å². The SMILES string of the molecule is CC(C)C1=NC(C(C)C)c2ccnc(N)c21. The molecule has 2 rings (SSSR count). The van der Waals surface area contributed by atoms with E-state index < -0.39 is 0 Å². The molecule has 86 valence electrons. The maximum Gasteiger partial charge on any atom is 0.132 e. The third kappa shape index (κ3) is 1.60. The van der Waals surface area contributed by atoms with Gasteiger partial charge in [-0.3, -0.25) is 4.99 Å². The molecule has 1 atom stereocenters. The first-order valence-corrected chi connectivity index (χ1v) is 5.84. The Balaban J connectivity index is 2.58. The van der Waals surface area contributed by atoms with Crippen molar-refractivity contribution < 1.29 is 0 Å². The van der Waals surface area contributed by atoms with E-state index in [0.29, 0.717) is 17.7 Å². The molecule has 2 heterocycles. The Bertz CT molecular complexity index is 433. The molecule has 16 heavy (non-hydrogen) atoms. The number of fused-ring (bicyclic) bond motifs is 1. The number of hydrogen-bond donors (Lipinski definition) is 1. The molecule has 0 aliphatic carbocycles. The van der Waals surface area contributed by atoms with Crippen molar-refractivity contribution in [1.82, 2.24) is 4.98 Å². The number of pyridine rings is 1. The summed E-state index contributed by atoms with van der Waals surface area (Å²) in [6.45, 7) is 8.69. The molecule has 0 bridgehead atoms. The molecule has 0 spiro atoms. The van der Waals surface area contributed by atoms with Crippen molar-refractivity contribution in [3.8, 4) is 0 Å². The van der Waals surface area contributed by atoms with Crippen LogP contribution >= 0.6 is 0 Å². The predicted molar refractivity (Wildman–Crippen MR) is 67.6 cm³/mol. The zero-order valence-electron chi connectivity index (χ0n) is 10.4. The van der Waals surface area contributed by atoms with Crippen LogP contribution in [0.4, 0.5) is 5.82 Å². The van der Waals surface area contributed by atoms with Crippen molar-refractivity contribution in [2.24, 2.45) is 16.8 Å². The van der Waals surface area contributed by atoms with E-state index in [2.05, 4.69) is 38.7 Å². The van der Waals surface area contributed by atoms with Crippen LogP contribution < -0.4 is 5.73 Å². The van der Waals surface area contributed by atoms with Crippen molar-refractivity contribution in [2.45, 2.75) is 33.7 Å². The lowest BCUT2D eigenvalue weighted by atomic mass is 9.93. The van der Waals surface area contributed by atoms with Crippen LogP contribution in [0.1, 0.15) is 44.9 Å². The fourth-order valence-corrected chi connectivity index (χ4v) is 2.25. The van der Waals surface area contributed by atoms with Crippen LogP contribution in [0.2, 0.25) is 0 Å². The summed E-state index contributed by atoms with van der Waals surface area (Å²) in [6, 6.07) is 2.30. The maximum atomic E-state index is 5.97. The minimum Gasteiger partial charge on any atom is -0.383 e. The summed E-state index contributed by atoms with van der Waals surface area (Å²) in [4.78, 5) is 8.99. The second kappa shape index (κ2) is 3.89. The summed E-state index contributed by atoms with van der Waals surface area (Å²) >= 11 is 0. The molecule has 1 aliphatic rings. The third-order valence-electron chi connectivity index (χ3n) is 3.04.